The van der Waals surface area contributed by atoms with Crippen molar-refractivity contribution in [3.05, 3.63) is 4.88 Å². The van der Waals surface area contributed by atoms with Crippen LogP contribution in [0.4, 0.5) is 10.7 Å². The summed E-state index contributed by atoms with van der Waals surface area (Å²) in [7, 11) is 2.06. The summed E-state index contributed by atoms with van der Waals surface area (Å²) in [5.74, 6) is 1.44. The van der Waals surface area contributed by atoms with E-state index < -0.39 is 0 Å². The molecule has 0 radical (unpaired) electrons. The number of nitrogens with zero attached hydrogens (tertiary/aromatic N) is 1. The molecule has 2 rings (SSSR count). The quantitative estimate of drug-likeness (QED) is 0.816. The van der Waals surface area contributed by atoms with Crippen molar-refractivity contribution in [1.29, 1.82) is 0 Å². The highest BCUT2D eigenvalue weighted by molar-refractivity contribution is 7.19. The zero-order valence-corrected chi connectivity index (χ0v) is 13.5. The average molecular weight is 296 g/mol. The number of carbonyl (C=O) groups is 1. The van der Waals surface area contributed by atoms with Crippen molar-refractivity contribution in [2.45, 2.75) is 46.1 Å². The van der Waals surface area contributed by atoms with Crippen LogP contribution in [0.1, 0.15) is 49.7 Å². The first-order valence-electron chi connectivity index (χ1n) is 7.21. The van der Waals surface area contributed by atoms with E-state index in [0.717, 1.165) is 17.5 Å². The minimum atomic E-state index is 0.00407. The van der Waals surface area contributed by atoms with Gasteiger partial charge in [0.15, 0.2) is 11.5 Å². The molecule has 4 nitrogen and oxygen atoms in total. The second kappa shape index (κ2) is 6.04. The van der Waals surface area contributed by atoms with Gasteiger partial charge in [-0.15, -0.1) is 11.3 Å². The highest BCUT2D eigenvalue weighted by atomic mass is 32.1. The Morgan fingerprint density at radius 3 is 2.60 bits per heavy atom. The van der Waals surface area contributed by atoms with E-state index in [-0.39, 0.29) is 11.9 Å². The number of nitrogens with two attached hydrogens (primary N) is 1. The summed E-state index contributed by atoms with van der Waals surface area (Å²) < 4.78 is 5.85. The molecule has 0 amide bonds. The summed E-state index contributed by atoms with van der Waals surface area (Å²) in [6.07, 6.45) is 3.97. The number of rotatable bonds is 6. The number of carbonyl (C=O) groups excluding carboxylic acids is 1. The number of anilines is 2. The van der Waals surface area contributed by atoms with Gasteiger partial charge in [0.05, 0.1) is 16.7 Å². The first kappa shape index (κ1) is 15.2. The van der Waals surface area contributed by atoms with Gasteiger partial charge in [0.25, 0.3) is 0 Å². The molecule has 0 spiro atoms. The van der Waals surface area contributed by atoms with Crippen molar-refractivity contribution in [3.8, 4) is 5.75 Å². The zero-order chi connectivity index (χ0) is 14.9. The molecule has 112 valence electrons. The van der Waals surface area contributed by atoms with Crippen LogP contribution in [-0.2, 0) is 0 Å². The molecule has 1 aromatic heterocycles. The Morgan fingerprint density at radius 2 is 2.15 bits per heavy atom. The molecule has 0 bridgehead atoms. The minimum Gasteiger partial charge on any atom is -0.486 e. The number of Topliss-reactive ketones (excluding diaryl/α,β-unsaturated/α-hetero) is 1. The second-order valence-electron chi connectivity index (χ2n) is 5.88. The summed E-state index contributed by atoms with van der Waals surface area (Å²) in [5, 5.41) is 0.980. The molecule has 1 saturated carbocycles. The molecule has 0 atom stereocenters. The summed E-state index contributed by atoms with van der Waals surface area (Å²) in [6, 6.07) is 0. The smallest absolute Gasteiger partial charge is 0.177 e. The number of ketones is 1. The van der Waals surface area contributed by atoms with Crippen LogP contribution in [0.2, 0.25) is 0 Å². The molecule has 1 fully saturated rings. The normalized spacial score (nSPS) is 15.2. The lowest BCUT2D eigenvalue weighted by atomic mass is 9.85. The molecule has 0 aliphatic heterocycles. The molecule has 1 aliphatic carbocycles. The fourth-order valence-electron chi connectivity index (χ4n) is 2.42. The Bertz CT molecular complexity index is 492. The third kappa shape index (κ3) is 3.08. The average Bonchev–Trinajstić information content (AvgIpc) is 2.61. The van der Waals surface area contributed by atoms with Gasteiger partial charge in [0.1, 0.15) is 5.00 Å². The summed E-state index contributed by atoms with van der Waals surface area (Å²) in [6.45, 7) is 6.50. The predicted octanol–water partition coefficient (Wildman–Crippen LogP) is 3.56. The van der Waals surface area contributed by atoms with Gasteiger partial charge in [0.2, 0.25) is 0 Å². The van der Waals surface area contributed by atoms with Crippen LogP contribution in [0.3, 0.4) is 0 Å². The van der Waals surface area contributed by atoms with Crippen molar-refractivity contribution in [1.82, 2.24) is 0 Å². The molecule has 1 aromatic rings. The molecular formula is C15H24N2O2S. The van der Waals surface area contributed by atoms with Gasteiger partial charge in [0, 0.05) is 20.5 Å². The van der Waals surface area contributed by atoms with E-state index in [4.69, 9.17) is 10.5 Å². The first-order valence-corrected chi connectivity index (χ1v) is 8.02. The number of ether oxygens (including phenoxy) is 1. The highest BCUT2D eigenvalue weighted by Gasteiger charge is 2.26. The molecule has 1 aliphatic rings. The van der Waals surface area contributed by atoms with E-state index in [1.54, 1.807) is 6.92 Å². The Labute approximate surface area is 124 Å². The van der Waals surface area contributed by atoms with Gasteiger partial charge in [-0.05, 0) is 32.6 Å². The fraction of sp³-hybridized carbons (Fsp3) is 0.667. The van der Waals surface area contributed by atoms with E-state index in [9.17, 15) is 4.79 Å². The molecule has 1 heterocycles. The van der Waals surface area contributed by atoms with Crippen LogP contribution >= 0.6 is 11.3 Å². The summed E-state index contributed by atoms with van der Waals surface area (Å²) >= 11 is 1.45. The fourth-order valence-corrected chi connectivity index (χ4v) is 3.45. The first-order chi connectivity index (χ1) is 9.40. The van der Waals surface area contributed by atoms with Crippen molar-refractivity contribution < 1.29 is 9.53 Å². The number of hydrogen-bond donors (Lipinski definition) is 1. The molecular weight excluding hydrogens is 272 g/mol. The van der Waals surface area contributed by atoms with Crippen molar-refractivity contribution in [2.24, 2.45) is 5.92 Å². The Morgan fingerprint density at radius 1 is 1.50 bits per heavy atom. The largest absolute Gasteiger partial charge is 0.486 e. The maximum Gasteiger partial charge on any atom is 0.177 e. The van der Waals surface area contributed by atoms with E-state index in [1.807, 2.05) is 13.8 Å². The summed E-state index contributed by atoms with van der Waals surface area (Å²) in [4.78, 5) is 14.5. The van der Waals surface area contributed by atoms with Crippen LogP contribution < -0.4 is 15.4 Å². The summed E-state index contributed by atoms with van der Waals surface area (Å²) in [5.41, 5.74) is 6.60. The topological polar surface area (TPSA) is 55.6 Å². The van der Waals surface area contributed by atoms with Gasteiger partial charge >= 0.3 is 0 Å². The van der Waals surface area contributed by atoms with Crippen LogP contribution in [-0.4, -0.2) is 25.5 Å². The van der Waals surface area contributed by atoms with Gasteiger partial charge < -0.3 is 15.4 Å². The molecule has 5 heteroatoms. The van der Waals surface area contributed by atoms with Crippen LogP contribution in [0.5, 0.6) is 5.75 Å². The number of hydrogen-bond acceptors (Lipinski definition) is 5. The lowest BCUT2D eigenvalue weighted by molar-refractivity contribution is 0.102. The van der Waals surface area contributed by atoms with Crippen molar-refractivity contribution >= 4 is 27.8 Å². The van der Waals surface area contributed by atoms with Crippen molar-refractivity contribution in [3.63, 3.8) is 0 Å². The van der Waals surface area contributed by atoms with Crippen LogP contribution in [0.25, 0.3) is 0 Å². The molecule has 0 saturated heterocycles. The predicted molar refractivity (Wildman–Crippen MR) is 85.1 cm³/mol. The van der Waals surface area contributed by atoms with E-state index in [1.165, 1.54) is 30.6 Å². The third-order valence-electron chi connectivity index (χ3n) is 3.66. The number of thiophene rings is 1. The van der Waals surface area contributed by atoms with Crippen LogP contribution in [0, 0.1) is 5.92 Å². The van der Waals surface area contributed by atoms with Crippen LogP contribution in [0.15, 0.2) is 0 Å². The Hall–Kier alpha value is -1.23. The second-order valence-corrected chi connectivity index (χ2v) is 6.88. The van der Waals surface area contributed by atoms with Crippen molar-refractivity contribution in [2.75, 3.05) is 24.2 Å². The van der Waals surface area contributed by atoms with Gasteiger partial charge in [-0.2, -0.15) is 0 Å². The zero-order valence-electron chi connectivity index (χ0n) is 12.7. The lowest BCUT2D eigenvalue weighted by Crippen LogP contribution is -2.29. The Kier molecular flexibility index (Phi) is 4.58. The molecule has 20 heavy (non-hydrogen) atoms. The maximum atomic E-state index is 11.7. The van der Waals surface area contributed by atoms with Gasteiger partial charge in [-0.25, -0.2) is 0 Å². The minimum absolute atomic E-state index is 0.00407. The monoisotopic (exact) mass is 296 g/mol. The number of nitrogen functional groups attached to an aromatic ring is 1. The molecule has 2 N–H and O–H groups in total. The van der Waals surface area contributed by atoms with Gasteiger partial charge in [-0.1, -0.05) is 6.42 Å². The van der Waals surface area contributed by atoms with E-state index in [2.05, 4.69) is 11.9 Å². The standard InChI is InChI=1S/C15H24N2O2S/c1-9(2)19-13-12(16)14(10(3)18)20-15(13)17(4)8-11-6-5-7-11/h9,11H,5-8,16H2,1-4H3. The third-order valence-corrected chi connectivity index (χ3v) is 5.06. The van der Waals surface area contributed by atoms with E-state index >= 15 is 0 Å². The molecule has 0 unspecified atom stereocenters. The van der Waals surface area contributed by atoms with E-state index in [0.29, 0.717) is 16.3 Å². The molecule has 0 aromatic carbocycles. The highest BCUT2D eigenvalue weighted by Crippen LogP contribution is 2.46. The maximum absolute atomic E-state index is 11.7. The SMILES string of the molecule is CC(=O)c1sc(N(C)CC2CCC2)c(OC(C)C)c1N. The Balaban J connectivity index is 2.28. The lowest BCUT2D eigenvalue weighted by Gasteiger charge is -2.31. The van der Waals surface area contributed by atoms with Gasteiger partial charge in [-0.3, -0.25) is 4.79 Å².